The molecule has 0 saturated carbocycles. The third kappa shape index (κ3) is 26.6. The Labute approximate surface area is 731 Å². The van der Waals surface area contributed by atoms with Gasteiger partial charge >= 0.3 is 0 Å². The fourth-order valence-corrected chi connectivity index (χ4v) is 13.4. The minimum Gasteiger partial charge on any atom is -0.395 e. The van der Waals surface area contributed by atoms with Crippen LogP contribution in [-0.2, 0) is 0 Å². The van der Waals surface area contributed by atoms with Crippen molar-refractivity contribution in [2.75, 3.05) is 60.6 Å². The number of hydrogen-bond donors (Lipinski definition) is 8. The van der Waals surface area contributed by atoms with Gasteiger partial charge in [-0.1, -0.05) is 93.9 Å². The number of amides is 8. The van der Waals surface area contributed by atoms with E-state index in [1.165, 1.54) is 18.2 Å². The molecule has 0 unspecified atom stereocenters. The quantitative estimate of drug-likeness (QED) is 0.0373. The number of nitrogens with zero attached hydrogens (tertiary/aromatic N) is 6. The maximum atomic E-state index is 12.9. The van der Waals surface area contributed by atoms with Crippen LogP contribution in [0.3, 0.4) is 0 Å². The summed E-state index contributed by atoms with van der Waals surface area (Å²) in [4.78, 5) is 121. The van der Waals surface area contributed by atoms with Gasteiger partial charge < -0.3 is 47.2 Å². The molecule has 0 spiro atoms. The predicted octanol–water partition coefficient (Wildman–Crippen LogP) is 19.9. The average molecular weight is 1740 g/mol. The van der Waals surface area contributed by atoms with Crippen molar-refractivity contribution < 1.29 is 43.5 Å². The first-order valence-electron chi connectivity index (χ1n) is 38.2. The molecule has 0 aliphatic carbocycles. The number of hydrogen-bond acceptors (Lipinski definition) is 14. The Morgan fingerprint density at radius 3 is 0.950 bits per heavy atom. The number of pyridine rings is 4. The van der Waals surface area contributed by atoms with Crippen molar-refractivity contribution in [1.29, 1.82) is 0 Å². The third-order valence-corrected chi connectivity index (χ3v) is 19.8. The molecule has 22 nitrogen and oxygen atoms in total. The number of β-amino-alcohol motifs (C(OH)–C–C–N with tert-alkyl or cyclic N) is 1. The van der Waals surface area contributed by atoms with E-state index in [0.29, 0.717) is 131 Å². The highest BCUT2D eigenvalue weighted by Gasteiger charge is 2.26. The lowest BCUT2D eigenvalue weighted by atomic mass is 10.1. The van der Waals surface area contributed by atoms with Gasteiger partial charge in [0.15, 0.2) is 0 Å². The molecule has 620 valence electrons. The lowest BCUT2D eigenvalue weighted by Crippen LogP contribution is -2.49. The van der Waals surface area contributed by atoms with Gasteiger partial charge in [0.05, 0.1) is 70.6 Å². The van der Waals surface area contributed by atoms with Crippen LogP contribution in [0, 0.1) is 0 Å². The Balaban J connectivity index is 0.000000170. The predicted molar refractivity (Wildman–Crippen MR) is 483 cm³/mol. The maximum absolute atomic E-state index is 12.9. The van der Waals surface area contributed by atoms with Crippen LogP contribution in [0.25, 0.3) is 45.0 Å². The largest absolute Gasteiger partial charge is 0.395 e. The lowest BCUT2D eigenvalue weighted by Gasteiger charge is -2.34. The molecule has 8 N–H and O–H groups in total. The van der Waals surface area contributed by atoms with Crippen LogP contribution >= 0.6 is 69.6 Å². The number of aliphatic hydroxyl groups is 1. The summed E-state index contributed by atoms with van der Waals surface area (Å²) in [6.45, 7) is 18.5. The van der Waals surface area contributed by atoms with Crippen LogP contribution in [0.2, 0.25) is 30.1 Å². The van der Waals surface area contributed by atoms with Crippen molar-refractivity contribution in [3.63, 3.8) is 0 Å². The van der Waals surface area contributed by atoms with E-state index in [-0.39, 0.29) is 80.3 Å². The zero-order valence-electron chi connectivity index (χ0n) is 67.2. The van der Waals surface area contributed by atoms with Gasteiger partial charge in [0.25, 0.3) is 47.3 Å². The highest BCUT2D eigenvalue weighted by Crippen LogP contribution is 2.35. The molecule has 1 fully saturated rings. The van der Waals surface area contributed by atoms with Crippen molar-refractivity contribution >= 4 is 140 Å². The number of carbonyl (C=O) groups excluding carboxylic acids is 8. The van der Waals surface area contributed by atoms with E-state index >= 15 is 0 Å². The van der Waals surface area contributed by atoms with Crippen molar-refractivity contribution in [3.8, 4) is 45.0 Å². The molecular formula is C93H87Cl6N13O9. The molecule has 1 aliphatic heterocycles. The summed E-state index contributed by atoms with van der Waals surface area (Å²) >= 11 is 37.9. The number of benzene rings is 8. The molecule has 8 aromatic carbocycles. The normalized spacial score (nSPS) is 11.8. The SMILES string of the molecule is CC(C)(C)NC(=O)c1ccc(C(=O)Nc2ccc(Cl)c(-c3ccccn3)c2)c(Cl)c1.CC(C)(C)NC(=O)c1ccc(C(=O)Nc2ccc(Cl)c(-c3ccccn3)c2)cc1.CC(C)NC(=O)c1ccc(C(=O)Nc2ccc(Cl)c(-c3ccccn3)c2)cc1.O=C(Nc1ccc(Cl)c(-c2ccccn2)c1)c1ccc(C(=O)N2CCN(CCO)CC2)cc1Cl. The van der Waals surface area contributed by atoms with Crippen LogP contribution in [0.5, 0.6) is 0 Å². The summed E-state index contributed by atoms with van der Waals surface area (Å²) in [6, 6.07) is 65.3. The van der Waals surface area contributed by atoms with E-state index in [0.717, 1.165) is 22.5 Å². The van der Waals surface area contributed by atoms with Crippen LogP contribution in [0.4, 0.5) is 22.7 Å². The van der Waals surface area contributed by atoms with Crippen molar-refractivity contribution in [2.24, 2.45) is 0 Å². The molecule has 121 heavy (non-hydrogen) atoms. The minimum absolute atomic E-state index is 0.0497. The molecule has 13 rings (SSSR count). The molecule has 28 heteroatoms. The second kappa shape index (κ2) is 42.6. The zero-order valence-corrected chi connectivity index (χ0v) is 71.8. The monoisotopic (exact) mass is 1740 g/mol. The second-order valence-corrected chi connectivity index (χ2v) is 32.3. The minimum atomic E-state index is -0.393. The van der Waals surface area contributed by atoms with Crippen LogP contribution < -0.4 is 37.2 Å². The number of anilines is 4. The van der Waals surface area contributed by atoms with Crippen molar-refractivity contribution in [2.45, 2.75) is 72.5 Å². The molecule has 1 saturated heterocycles. The van der Waals surface area contributed by atoms with Gasteiger partial charge in [-0.05, 0) is 262 Å². The number of aliphatic hydroxyl groups excluding tert-OH is 1. The van der Waals surface area contributed by atoms with E-state index < -0.39 is 11.8 Å². The Kier molecular flexibility index (Phi) is 32.1. The highest BCUT2D eigenvalue weighted by molar-refractivity contribution is 6.37. The molecule has 12 aromatic rings. The Hall–Kier alpha value is -12.2. The molecule has 0 bridgehead atoms. The van der Waals surface area contributed by atoms with Crippen LogP contribution in [0.1, 0.15) is 138 Å². The summed E-state index contributed by atoms with van der Waals surface area (Å²) in [6.07, 6.45) is 6.73. The van der Waals surface area contributed by atoms with Crippen molar-refractivity contribution in [1.82, 2.24) is 45.7 Å². The number of aromatic nitrogens is 4. The number of piperazine rings is 1. The fraction of sp³-hybridized carbons (Fsp3) is 0.183. The highest BCUT2D eigenvalue weighted by atomic mass is 35.5. The van der Waals surface area contributed by atoms with Crippen LogP contribution in [-0.4, -0.2) is 139 Å². The first kappa shape index (κ1) is 91.1. The molecule has 0 atom stereocenters. The zero-order chi connectivity index (χ0) is 87.1. The summed E-state index contributed by atoms with van der Waals surface area (Å²) in [5.74, 6) is -2.06. The molecule has 1 aliphatic rings. The fourth-order valence-electron chi connectivity index (χ4n) is 12.0. The Morgan fingerprint density at radius 1 is 0.347 bits per heavy atom. The molecular weight excluding hydrogens is 1660 g/mol. The Bertz CT molecular complexity index is 5680. The molecule has 4 aromatic heterocycles. The van der Waals surface area contributed by atoms with Gasteiger partial charge in [-0.15, -0.1) is 0 Å². The van der Waals surface area contributed by atoms with Gasteiger partial charge in [0, 0.05) is 153 Å². The summed E-state index contributed by atoms with van der Waals surface area (Å²) < 4.78 is 0. The van der Waals surface area contributed by atoms with E-state index in [2.05, 4.69) is 62.1 Å². The smallest absolute Gasteiger partial charge is 0.257 e. The lowest BCUT2D eigenvalue weighted by molar-refractivity contribution is 0.0613. The molecule has 5 heterocycles. The van der Waals surface area contributed by atoms with Gasteiger partial charge in [0.2, 0.25) is 0 Å². The number of carbonyl (C=O) groups is 8. The van der Waals surface area contributed by atoms with Gasteiger partial charge in [0.1, 0.15) is 0 Å². The summed E-state index contributed by atoms with van der Waals surface area (Å²) in [7, 11) is 0. The van der Waals surface area contributed by atoms with Gasteiger partial charge in [-0.25, -0.2) is 0 Å². The number of rotatable bonds is 19. The maximum Gasteiger partial charge on any atom is 0.257 e. The second-order valence-electron chi connectivity index (χ2n) is 29.9. The number of nitrogens with one attached hydrogen (secondary N) is 7. The van der Waals surface area contributed by atoms with Gasteiger partial charge in [-0.3, -0.25) is 63.2 Å². The van der Waals surface area contributed by atoms with Crippen LogP contribution in [0.15, 0.2) is 255 Å². The van der Waals surface area contributed by atoms with E-state index in [1.807, 2.05) is 128 Å². The summed E-state index contributed by atoms with van der Waals surface area (Å²) in [5, 5.41) is 31.5. The van der Waals surface area contributed by atoms with E-state index in [9.17, 15) is 38.4 Å². The molecule has 8 amide bonds. The third-order valence-electron chi connectivity index (χ3n) is 17.9. The standard InChI is InChI=1S/C25H24Cl2N4O3.C23H21Cl2N3O2.C23H22ClN3O2.C22H20ClN3O2/c26-21-7-5-18(16-20(21)23-3-1-2-8-28-23)29-24(33)19-6-4-17(15-22(19)27)25(34)31-11-9-30(10-12-31)13-14-32;1-23(2,3)28-21(29)14-7-9-16(19(25)12-14)22(30)27-15-8-10-18(24)17(13-15)20-6-4-5-11-26-20;1-23(2,3)27-22(29)16-9-7-15(8-10-16)21(28)26-17-11-12-19(24)18(14-17)20-6-4-5-13-25-20;1-14(2)25-21(27)15-6-8-16(9-7-15)22(28)26-17-10-11-19(23)18(13-17)20-5-3-4-12-24-20/h1-8,15-16,32H,9-14H2,(H,29,33);4-13H,1-3H3,(H,27,30)(H,28,29);4-14H,1-3H3,(H,26,28)(H,27,29);3-14H,1-2H3,(H,25,27)(H,26,28). The van der Waals surface area contributed by atoms with E-state index in [1.54, 1.807) is 169 Å². The van der Waals surface area contributed by atoms with Gasteiger partial charge in [-0.2, -0.15) is 0 Å². The first-order valence-corrected chi connectivity index (χ1v) is 40.5. The van der Waals surface area contributed by atoms with Crippen molar-refractivity contribution in [3.05, 3.63) is 330 Å². The topological polar surface area (TPSA) is 299 Å². The summed E-state index contributed by atoms with van der Waals surface area (Å²) in [5.41, 5.74) is 10.6. The average Bonchev–Trinajstić information content (AvgIpc) is 0.815. The Morgan fingerprint density at radius 2 is 0.645 bits per heavy atom. The van der Waals surface area contributed by atoms with E-state index in [4.69, 9.17) is 74.7 Å². The first-order chi connectivity index (χ1) is 57.8. The molecule has 0 radical (unpaired) electrons. The number of halogens is 6.